The second-order valence-electron chi connectivity index (χ2n) is 5.01. The molecule has 0 saturated heterocycles. The second kappa shape index (κ2) is 6.69. The smallest absolute Gasteiger partial charge is 0.242 e. The third kappa shape index (κ3) is 3.51. The molecule has 1 aromatic carbocycles. The summed E-state index contributed by atoms with van der Waals surface area (Å²) in [6.07, 6.45) is 4.60. The van der Waals surface area contributed by atoms with Crippen molar-refractivity contribution >= 4 is 5.96 Å². The van der Waals surface area contributed by atoms with E-state index in [1.54, 1.807) is 0 Å². The highest BCUT2D eigenvalue weighted by Crippen LogP contribution is 2.18. The van der Waals surface area contributed by atoms with Crippen LogP contribution in [0.1, 0.15) is 11.3 Å². The van der Waals surface area contributed by atoms with Gasteiger partial charge in [-0.25, -0.2) is 9.55 Å². The highest BCUT2D eigenvalue weighted by molar-refractivity contribution is 5.75. The van der Waals surface area contributed by atoms with Gasteiger partial charge in [0.05, 0.1) is 6.54 Å². The van der Waals surface area contributed by atoms with E-state index in [0.717, 1.165) is 23.2 Å². The van der Waals surface area contributed by atoms with E-state index >= 15 is 0 Å². The van der Waals surface area contributed by atoms with Gasteiger partial charge in [0.2, 0.25) is 12.2 Å². The maximum absolute atomic E-state index is 5.36. The fraction of sp³-hybridized carbons (Fsp3) is 0.214. The van der Waals surface area contributed by atoms with E-state index in [4.69, 9.17) is 11.5 Å². The molecule has 0 aliphatic heterocycles. The number of imidazole rings is 1. The topological polar surface area (TPSA) is 139 Å². The third-order valence-corrected chi connectivity index (χ3v) is 3.46. The quantitative estimate of drug-likeness (QED) is 0.272. The van der Waals surface area contributed by atoms with Gasteiger partial charge in [0.25, 0.3) is 0 Å². The SMILES string of the molecule is NC(N)=NCCc1c[nH]c[n+]1Cc1ccccc1-c1nn[nH]n1. The number of tetrazole rings is 1. The van der Waals surface area contributed by atoms with Crippen LogP contribution in [-0.4, -0.2) is 38.1 Å². The Kier molecular flexibility index (Phi) is 4.27. The Bertz CT molecular complexity index is 784. The van der Waals surface area contributed by atoms with Gasteiger partial charge in [0.1, 0.15) is 18.4 Å². The Morgan fingerprint density at radius 2 is 2.13 bits per heavy atom. The first-order valence-electron chi connectivity index (χ1n) is 7.16. The van der Waals surface area contributed by atoms with Crippen LogP contribution in [0.3, 0.4) is 0 Å². The minimum atomic E-state index is 0.106. The zero-order valence-electron chi connectivity index (χ0n) is 12.5. The Hall–Kier alpha value is -3.23. The van der Waals surface area contributed by atoms with Gasteiger partial charge < -0.3 is 11.5 Å². The normalized spacial score (nSPS) is 10.6. The molecule has 9 heteroatoms. The van der Waals surface area contributed by atoms with Gasteiger partial charge in [-0.05, 0) is 5.21 Å². The highest BCUT2D eigenvalue weighted by atomic mass is 15.5. The summed E-state index contributed by atoms with van der Waals surface area (Å²) < 4.78 is 2.11. The van der Waals surface area contributed by atoms with Crippen molar-refractivity contribution in [1.82, 2.24) is 25.6 Å². The van der Waals surface area contributed by atoms with Crippen LogP contribution in [0.5, 0.6) is 0 Å². The molecule has 23 heavy (non-hydrogen) atoms. The van der Waals surface area contributed by atoms with E-state index in [1.807, 2.05) is 36.8 Å². The van der Waals surface area contributed by atoms with Crippen molar-refractivity contribution in [3.05, 3.63) is 48.0 Å². The maximum Gasteiger partial charge on any atom is 0.242 e. The number of hydrogen-bond acceptors (Lipinski definition) is 4. The number of aromatic nitrogens is 6. The van der Waals surface area contributed by atoms with E-state index in [1.165, 1.54) is 0 Å². The number of guanidine groups is 1. The van der Waals surface area contributed by atoms with Crippen LogP contribution >= 0.6 is 0 Å². The van der Waals surface area contributed by atoms with Crippen molar-refractivity contribution in [3.63, 3.8) is 0 Å². The molecule has 0 bridgehead atoms. The van der Waals surface area contributed by atoms with Gasteiger partial charge in [-0.2, -0.15) is 5.21 Å². The fourth-order valence-electron chi connectivity index (χ4n) is 2.39. The lowest BCUT2D eigenvalue weighted by molar-refractivity contribution is -0.694. The van der Waals surface area contributed by atoms with Gasteiger partial charge in [-0.3, -0.25) is 4.99 Å². The molecule has 0 atom stereocenters. The van der Waals surface area contributed by atoms with Gasteiger partial charge in [0.15, 0.2) is 5.96 Å². The zero-order valence-corrected chi connectivity index (χ0v) is 12.5. The summed E-state index contributed by atoms with van der Waals surface area (Å²) in [7, 11) is 0. The first-order valence-corrected chi connectivity index (χ1v) is 7.16. The first-order chi connectivity index (χ1) is 11.2. The fourth-order valence-corrected chi connectivity index (χ4v) is 2.39. The molecular weight excluding hydrogens is 294 g/mol. The Morgan fingerprint density at radius 3 is 2.91 bits per heavy atom. The predicted molar refractivity (Wildman–Crippen MR) is 84.1 cm³/mol. The van der Waals surface area contributed by atoms with Crippen molar-refractivity contribution in [3.8, 4) is 11.4 Å². The molecule has 0 aliphatic rings. The molecule has 0 aliphatic carbocycles. The number of nitrogens with one attached hydrogen (secondary N) is 2. The number of aromatic amines is 2. The van der Waals surface area contributed by atoms with Crippen LogP contribution < -0.4 is 16.0 Å². The Labute approximate surface area is 132 Å². The summed E-state index contributed by atoms with van der Waals surface area (Å²) in [5.74, 6) is 0.688. The molecule has 0 fully saturated rings. The van der Waals surface area contributed by atoms with Crippen LogP contribution in [0.2, 0.25) is 0 Å². The van der Waals surface area contributed by atoms with Crippen molar-refractivity contribution < 1.29 is 4.57 Å². The van der Waals surface area contributed by atoms with Crippen molar-refractivity contribution in [2.45, 2.75) is 13.0 Å². The summed E-state index contributed by atoms with van der Waals surface area (Å²) in [5.41, 5.74) is 13.9. The number of benzene rings is 1. The Morgan fingerprint density at radius 1 is 1.26 bits per heavy atom. The summed E-state index contributed by atoms with van der Waals surface area (Å²) in [5, 5.41) is 14.2. The minimum absolute atomic E-state index is 0.106. The number of nitrogens with zero attached hydrogens (tertiary/aromatic N) is 5. The van der Waals surface area contributed by atoms with E-state index in [-0.39, 0.29) is 5.96 Å². The molecule has 0 unspecified atom stereocenters. The molecule has 0 spiro atoms. The van der Waals surface area contributed by atoms with Gasteiger partial charge in [-0.1, -0.05) is 24.3 Å². The van der Waals surface area contributed by atoms with Crippen LogP contribution in [0.25, 0.3) is 11.4 Å². The van der Waals surface area contributed by atoms with Crippen LogP contribution in [0, 0.1) is 0 Å². The predicted octanol–water partition coefficient (Wildman–Crippen LogP) is -0.653. The van der Waals surface area contributed by atoms with Crippen LogP contribution in [0.15, 0.2) is 41.8 Å². The van der Waals surface area contributed by atoms with E-state index in [9.17, 15) is 0 Å². The van der Waals surface area contributed by atoms with Gasteiger partial charge in [0, 0.05) is 17.5 Å². The lowest BCUT2D eigenvalue weighted by atomic mass is 10.1. The van der Waals surface area contributed by atoms with E-state index < -0.39 is 0 Å². The molecule has 0 saturated carbocycles. The number of rotatable bonds is 6. The monoisotopic (exact) mass is 312 g/mol. The maximum atomic E-state index is 5.36. The molecule has 6 N–H and O–H groups in total. The average Bonchev–Trinajstić information content (AvgIpc) is 3.20. The number of hydrogen-bond donors (Lipinski definition) is 4. The standard InChI is InChI=1S/C14H17N9/c15-14(16)18-6-5-11-7-17-9-23(11)8-10-3-1-2-4-12(10)13-19-21-22-20-13/h1-4,7,9H,5-6,8H2,(H5,15,16,18,19,20,21,22)/p+1. The lowest BCUT2D eigenvalue weighted by Crippen LogP contribution is -2.37. The Balaban J connectivity index is 1.81. The van der Waals surface area contributed by atoms with Gasteiger partial charge in [-0.15, -0.1) is 10.2 Å². The highest BCUT2D eigenvalue weighted by Gasteiger charge is 2.14. The van der Waals surface area contributed by atoms with E-state index in [0.29, 0.717) is 18.9 Å². The second-order valence-corrected chi connectivity index (χ2v) is 5.01. The average molecular weight is 312 g/mol. The molecule has 9 nitrogen and oxygen atoms in total. The van der Waals surface area contributed by atoms with Crippen molar-refractivity contribution in [2.24, 2.45) is 16.5 Å². The minimum Gasteiger partial charge on any atom is -0.370 e. The summed E-state index contributed by atoms with van der Waals surface area (Å²) >= 11 is 0. The van der Waals surface area contributed by atoms with Gasteiger partial charge >= 0.3 is 0 Å². The number of aliphatic imine (C=N–C) groups is 1. The van der Waals surface area contributed by atoms with Crippen molar-refractivity contribution in [2.75, 3.05) is 6.54 Å². The van der Waals surface area contributed by atoms with Crippen LogP contribution in [0.4, 0.5) is 0 Å². The van der Waals surface area contributed by atoms with Crippen molar-refractivity contribution in [1.29, 1.82) is 0 Å². The van der Waals surface area contributed by atoms with Crippen LogP contribution in [-0.2, 0) is 13.0 Å². The first kappa shape index (κ1) is 14.7. The summed E-state index contributed by atoms with van der Waals surface area (Å²) in [6.45, 7) is 1.23. The summed E-state index contributed by atoms with van der Waals surface area (Å²) in [4.78, 5) is 7.13. The molecule has 2 aromatic heterocycles. The summed E-state index contributed by atoms with van der Waals surface area (Å²) in [6, 6.07) is 7.97. The molecule has 2 heterocycles. The largest absolute Gasteiger partial charge is 0.370 e. The lowest BCUT2D eigenvalue weighted by Gasteiger charge is -2.05. The number of H-pyrrole nitrogens is 2. The molecule has 0 amide bonds. The zero-order chi connectivity index (χ0) is 16.1. The molecular formula is C14H18N9+. The molecule has 3 aromatic rings. The van der Waals surface area contributed by atoms with E-state index in [2.05, 4.69) is 35.2 Å². The number of nitrogens with two attached hydrogens (primary N) is 2. The third-order valence-electron chi connectivity index (χ3n) is 3.46. The molecule has 3 rings (SSSR count). The molecule has 118 valence electrons. The molecule has 0 radical (unpaired) electrons.